The summed E-state index contributed by atoms with van der Waals surface area (Å²) in [7, 11) is 0. The van der Waals surface area contributed by atoms with E-state index in [4.69, 9.17) is 46.3 Å². The molecule has 0 aliphatic heterocycles. The van der Waals surface area contributed by atoms with E-state index in [1.54, 1.807) is 0 Å². The normalized spacial score (nSPS) is 10.6. The minimum absolute atomic E-state index is 0.0954. The number of rotatable bonds is 4. The van der Waals surface area contributed by atoms with E-state index in [9.17, 15) is 9.59 Å². The van der Waals surface area contributed by atoms with Crippen molar-refractivity contribution in [1.82, 2.24) is 15.0 Å². The highest BCUT2D eigenvalue weighted by molar-refractivity contribution is 6.48. The summed E-state index contributed by atoms with van der Waals surface area (Å²) >= 11 is 17.5. The Hall–Kier alpha value is -1.83. The summed E-state index contributed by atoms with van der Waals surface area (Å²) in [5.74, 6) is -1.31. The molecule has 0 fully saturated rings. The number of primary amides is 1. The van der Waals surface area contributed by atoms with Crippen LogP contribution >= 0.6 is 34.8 Å². The Morgan fingerprint density at radius 3 is 2.24 bits per heavy atom. The van der Waals surface area contributed by atoms with Gasteiger partial charge in [0, 0.05) is 5.56 Å². The monoisotopic (exact) mass is 347 g/mol. The Bertz CT molecular complexity index is 720. The van der Waals surface area contributed by atoms with Crippen molar-refractivity contribution in [2.75, 3.05) is 5.73 Å². The molecule has 0 atom stereocenters. The Kier molecular flexibility index (Phi) is 4.36. The van der Waals surface area contributed by atoms with Crippen LogP contribution in [0.5, 0.6) is 0 Å². The number of nitrogens with two attached hydrogens (primary N) is 2. The van der Waals surface area contributed by atoms with Gasteiger partial charge >= 0.3 is 0 Å². The minimum atomic E-state index is -0.830. The number of ketones is 1. The zero-order valence-corrected chi connectivity index (χ0v) is 12.6. The van der Waals surface area contributed by atoms with E-state index in [0.717, 1.165) is 4.68 Å². The lowest BCUT2D eigenvalue weighted by Crippen LogP contribution is -2.17. The van der Waals surface area contributed by atoms with Crippen LogP contribution in [0, 0.1) is 0 Å². The Morgan fingerprint density at radius 1 is 1.19 bits per heavy atom. The molecule has 1 amide bonds. The third-order valence-electron chi connectivity index (χ3n) is 2.61. The third-order valence-corrected chi connectivity index (χ3v) is 3.80. The fourth-order valence-electron chi connectivity index (χ4n) is 1.56. The number of carbonyl (C=O) groups is 2. The van der Waals surface area contributed by atoms with E-state index in [-0.39, 0.29) is 44.5 Å². The molecule has 0 saturated carbocycles. The van der Waals surface area contributed by atoms with Crippen molar-refractivity contribution in [1.29, 1.82) is 0 Å². The SMILES string of the molecule is NC(=O)c1nnn(CC(=O)c2cc(Cl)c(Cl)c(Cl)c2)c1N. The molecule has 0 aliphatic carbocycles. The van der Waals surface area contributed by atoms with Crippen molar-refractivity contribution in [3.8, 4) is 0 Å². The van der Waals surface area contributed by atoms with Crippen LogP contribution < -0.4 is 11.5 Å². The van der Waals surface area contributed by atoms with Crippen LogP contribution in [0.1, 0.15) is 20.8 Å². The number of carbonyl (C=O) groups excluding carboxylic acids is 2. The number of nitrogen functional groups attached to an aromatic ring is 1. The van der Waals surface area contributed by atoms with Gasteiger partial charge in [0.1, 0.15) is 6.54 Å². The molecular weight excluding hydrogens is 341 g/mol. The molecule has 110 valence electrons. The van der Waals surface area contributed by atoms with Gasteiger partial charge in [0.05, 0.1) is 15.1 Å². The molecule has 0 aliphatic rings. The summed E-state index contributed by atoms with van der Waals surface area (Å²) in [4.78, 5) is 23.2. The number of Topliss-reactive ketones (excluding diaryl/α,β-unsaturated/α-hetero) is 1. The lowest BCUT2D eigenvalue weighted by molar-refractivity contribution is 0.0964. The van der Waals surface area contributed by atoms with Gasteiger partial charge in [-0.25, -0.2) is 4.68 Å². The summed E-state index contributed by atoms with van der Waals surface area (Å²) in [5, 5.41) is 7.55. The molecule has 1 aromatic carbocycles. The van der Waals surface area contributed by atoms with Crippen molar-refractivity contribution in [2.24, 2.45) is 5.73 Å². The van der Waals surface area contributed by atoms with Gasteiger partial charge in [-0.05, 0) is 12.1 Å². The van der Waals surface area contributed by atoms with E-state index in [1.165, 1.54) is 12.1 Å². The van der Waals surface area contributed by atoms with Crippen molar-refractivity contribution in [3.63, 3.8) is 0 Å². The highest BCUT2D eigenvalue weighted by Gasteiger charge is 2.18. The summed E-state index contributed by atoms with van der Waals surface area (Å²) in [6.45, 7) is -0.250. The topological polar surface area (TPSA) is 117 Å². The predicted octanol–water partition coefficient (Wildman–Crippen LogP) is 1.80. The smallest absolute Gasteiger partial charge is 0.273 e. The van der Waals surface area contributed by atoms with Crippen molar-refractivity contribution in [2.45, 2.75) is 6.54 Å². The molecule has 0 radical (unpaired) electrons. The maximum absolute atomic E-state index is 12.1. The fourth-order valence-corrected chi connectivity index (χ4v) is 2.15. The Balaban J connectivity index is 2.28. The Labute approximate surface area is 133 Å². The number of anilines is 1. The molecule has 1 aromatic heterocycles. The second-order valence-electron chi connectivity index (χ2n) is 4.02. The third kappa shape index (κ3) is 3.10. The van der Waals surface area contributed by atoms with E-state index >= 15 is 0 Å². The lowest BCUT2D eigenvalue weighted by atomic mass is 10.1. The van der Waals surface area contributed by atoms with Gasteiger partial charge in [0.25, 0.3) is 5.91 Å². The first-order valence-electron chi connectivity index (χ1n) is 5.47. The Morgan fingerprint density at radius 2 is 1.76 bits per heavy atom. The van der Waals surface area contributed by atoms with E-state index in [2.05, 4.69) is 10.3 Å². The molecule has 0 spiro atoms. The number of amides is 1. The molecule has 1 heterocycles. The molecule has 7 nitrogen and oxygen atoms in total. The molecule has 0 saturated heterocycles. The number of nitrogens with zero attached hydrogens (tertiary/aromatic N) is 3. The lowest BCUT2D eigenvalue weighted by Gasteiger charge is -2.06. The largest absolute Gasteiger partial charge is 0.382 e. The number of halogens is 3. The zero-order chi connectivity index (χ0) is 15.7. The van der Waals surface area contributed by atoms with Crippen molar-refractivity contribution < 1.29 is 9.59 Å². The first-order chi connectivity index (χ1) is 9.81. The van der Waals surface area contributed by atoms with Gasteiger partial charge in [-0.15, -0.1) is 5.10 Å². The van der Waals surface area contributed by atoms with Crippen LogP contribution in [0.3, 0.4) is 0 Å². The summed E-state index contributed by atoms with van der Waals surface area (Å²) < 4.78 is 1.05. The number of hydrogen-bond donors (Lipinski definition) is 2. The van der Waals surface area contributed by atoms with Gasteiger partial charge in [-0.2, -0.15) is 0 Å². The van der Waals surface area contributed by atoms with Gasteiger partial charge < -0.3 is 11.5 Å². The maximum atomic E-state index is 12.1. The molecule has 10 heteroatoms. The second-order valence-corrected chi connectivity index (χ2v) is 5.21. The van der Waals surface area contributed by atoms with Crippen LogP contribution in [-0.4, -0.2) is 26.7 Å². The average Bonchev–Trinajstić information content (AvgIpc) is 2.77. The van der Waals surface area contributed by atoms with Gasteiger partial charge in [-0.3, -0.25) is 9.59 Å². The van der Waals surface area contributed by atoms with Crippen molar-refractivity contribution in [3.05, 3.63) is 38.5 Å². The first kappa shape index (κ1) is 15.6. The second kappa shape index (κ2) is 5.88. The highest BCUT2D eigenvalue weighted by Crippen LogP contribution is 2.31. The molecule has 0 unspecified atom stereocenters. The van der Waals surface area contributed by atoms with Crippen LogP contribution in [0.2, 0.25) is 15.1 Å². The van der Waals surface area contributed by atoms with Crippen LogP contribution in [0.15, 0.2) is 12.1 Å². The highest BCUT2D eigenvalue weighted by atomic mass is 35.5. The molecule has 2 rings (SSSR count). The van der Waals surface area contributed by atoms with Gasteiger partial charge in [0.2, 0.25) is 0 Å². The number of hydrogen-bond acceptors (Lipinski definition) is 5. The van der Waals surface area contributed by atoms with Crippen molar-refractivity contribution >= 4 is 52.3 Å². The van der Waals surface area contributed by atoms with Crippen LogP contribution in [0.4, 0.5) is 5.82 Å². The first-order valence-corrected chi connectivity index (χ1v) is 6.61. The van der Waals surface area contributed by atoms with E-state index in [1.807, 2.05) is 0 Å². The van der Waals surface area contributed by atoms with Crippen LogP contribution in [0.25, 0.3) is 0 Å². The number of aromatic nitrogens is 3. The zero-order valence-electron chi connectivity index (χ0n) is 10.3. The molecule has 0 bridgehead atoms. The molecule has 21 heavy (non-hydrogen) atoms. The maximum Gasteiger partial charge on any atom is 0.273 e. The summed E-state index contributed by atoms with van der Waals surface area (Å²) in [5.41, 5.74) is 10.7. The summed E-state index contributed by atoms with van der Waals surface area (Å²) in [6, 6.07) is 2.75. The van der Waals surface area contributed by atoms with Gasteiger partial charge in [0.15, 0.2) is 17.3 Å². The quantitative estimate of drug-likeness (QED) is 0.645. The fraction of sp³-hybridized carbons (Fsp3) is 0.0909. The molecular formula is C11H8Cl3N5O2. The average molecular weight is 349 g/mol. The minimum Gasteiger partial charge on any atom is -0.382 e. The standard InChI is InChI=1S/C11H8Cl3N5O2/c12-5-1-4(2-6(13)8(5)14)7(20)3-19-10(15)9(11(16)21)17-18-19/h1-2H,3,15H2,(H2,16,21). The van der Waals surface area contributed by atoms with E-state index < -0.39 is 5.91 Å². The van der Waals surface area contributed by atoms with E-state index in [0.29, 0.717) is 0 Å². The molecule has 2 aromatic rings. The number of benzene rings is 1. The van der Waals surface area contributed by atoms with Gasteiger partial charge in [-0.1, -0.05) is 40.0 Å². The molecule has 4 N–H and O–H groups in total. The predicted molar refractivity (Wildman–Crippen MR) is 78.8 cm³/mol. The van der Waals surface area contributed by atoms with Crippen LogP contribution in [-0.2, 0) is 6.54 Å². The summed E-state index contributed by atoms with van der Waals surface area (Å²) in [6.07, 6.45) is 0.